The molecule has 0 aliphatic heterocycles. The Morgan fingerprint density at radius 3 is 2.45 bits per heavy atom. The average Bonchev–Trinajstić information content (AvgIpc) is 2.36. The molecule has 0 bridgehead atoms. The summed E-state index contributed by atoms with van der Waals surface area (Å²) in [5, 5.41) is 8.87. The van der Waals surface area contributed by atoms with Crippen molar-refractivity contribution < 1.29 is 23.1 Å². The van der Waals surface area contributed by atoms with Gasteiger partial charge in [-0.3, -0.25) is 9.69 Å². The van der Waals surface area contributed by atoms with Crippen molar-refractivity contribution in [3.8, 4) is 0 Å². The van der Waals surface area contributed by atoms with Crippen molar-refractivity contribution in [3.63, 3.8) is 0 Å². The van der Waals surface area contributed by atoms with E-state index in [0.717, 1.165) is 6.07 Å². The number of hydrogen-bond acceptors (Lipinski definition) is 2. The van der Waals surface area contributed by atoms with Gasteiger partial charge in [0, 0.05) is 6.04 Å². The van der Waals surface area contributed by atoms with E-state index in [2.05, 4.69) is 0 Å². The SMILES string of the molecule is CCCN(CC(=O)O)C(C)c1ccccc1C(F)(F)F. The Labute approximate surface area is 116 Å². The fraction of sp³-hybridized carbons (Fsp3) is 0.500. The molecule has 112 valence electrons. The first-order valence-electron chi connectivity index (χ1n) is 6.39. The van der Waals surface area contributed by atoms with Crippen LogP contribution < -0.4 is 0 Å². The van der Waals surface area contributed by atoms with Crippen LogP contribution in [0.3, 0.4) is 0 Å². The van der Waals surface area contributed by atoms with Crippen LogP contribution in [-0.4, -0.2) is 29.1 Å². The summed E-state index contributed by atoms with van der Waals surface area (Å²) in [6.45, 7) is 3.61. The number of rotatable bonds is 6. The van der Waals surface area contributed by atoms with E-state index < -0.39 is 23.8 Å². The fourth-order valence-electron chi connectivity index (χ4n) is 2.19. The first-order valence-corrected chi connectivity index (χ1v) is 6.39. The molecule has 0 radical (unpaired) electrons. The monoisotopic (exact) mass is 289 g/mol. The average molecular weight is 289 g/mol. The van der Waals surface area contributed by atoms with Gasteiger partial charge >= 0.3 is 12.1 Å². The smallest absolute Gasteiger partial charge is 0.416 e. The second kappa shape index (κ2) is 6.74. The predicted octanol–water partition coefficient (Wildman–Crippen LogP) is 3.56. The van der Waals surface area contributed by atoms with Crippen molar-refractivity contribution in [2.24, 2.45) is 0 Å². The van der Waals surface area contributed by atoms with Gasteiger partial charge < -0.3 is 5.11 Å². The van der Waals surface area contributed by atoms with Crippen LogP contribution in [0.5, 0.6) is 0 Å². The minimum atomic E-state index is -4.44. The molecule has 1 unspecified atom stereocenters. The van der Waals surface area contributed by atoms with Gasteiger partial charge in [0.2, 0.25) is 0 Å². The Morgan fingerprint density at radius 1 is 1.35 bits per heavy atom. The third-order valence-corrected chi connectivity index (χ3v) is 3.11. The molecule has 0 heterocycles. The highest BCUT2D eigenvalue weighted by molar-refractivity contribution is 5.69. The van der Waals surface area contributed by atoms with Gasteiger partial charge in [0.1, 0.15) is 0 Å². The molecule has 0 aliphatic rings. The van der Waals surface area contributed by atoms with E-state index in [1.807, 2.05) is 6.92 Å². The molecular weight excluding hydrogens is 271 g/mol. The molecule has 1 aromatic rings. The molecule has 6 heteroatoms. The molecule has 0 saturated heterocycles. The zero-order valence-corrected chi connectivity index (χ0v) is 11.4. The number of benzene rings is 1. The number of halogens is 3. The number of carbonyl (C=O) groups is 1. The Balaban J connectivity index is 3.11. The lowest BCUT2D eigenvalue weighted by Gasteiger charge is -2.29. The van der Waals surface area contributed by atoms with Crippen LogP contribution in [0.25, 0.3) is 0 Å². The Bertz CT molecular complexity index is 460. The molecule has 0 fully saturated rings. The molecule has 0 aromatic heterocycles. The third-order valence-electron chi connectivity index (χ3n) is 3.11. The summed E-state index contributed by atoms with van der Waals surface area (Å²) in [5.74, 6) is -1.05. The van der Waals surface area contributed by atoms with Crippen LogP contribution >= 0.6 is 0 Å². The molecule has 1 rings (SSSR count). The highest BCUT2D eigenvalue weighted by Gasteiger charge is 2.35. The van der Waals surface area contributed by atoms with Crippen molar-refractivity contribution in [1.29, 1.82) is 0 Å². The largest absolute Gasteiger partial charge is 0.480 e. The minimum Gasteiger partial charge on any atom is -0.480 e. The first kappa shape index (κ1) is 16.5. The maximum absolute atomic E-state index is 13.0. The lowest BCUT2D eigenvalue weighted by Crippen LogP contribution is -2.34. The lowest BCUT2D eigenvalue weighted by atomic mass is 9.99. The van der Waals surface area contributed by atoms with E-state index in [9.17, 15) is 18.0 Å². The topological polar surface area (TPSA) is 40.5 Å². The standard InChI is InChI=1S/C14H18F3NO2/c1-3-8-18(9-13(19)20)10(2)11-6-4-5-7-12(11)14(15,16)17/h4-7,10H,3,8-9H2,1-2H3,(H,19,20). The van der Waals surface area contributed by atoms with Crippen molar-refractivity contribution in [2.45, 2.75) is 32.5 Å². The summed E-state index contributed by atoms with van der Waals surface area (Å²) in [6.07, 6.45) is -3.77. The van der Waals surface area contributed by atoms with Crippen LogP contribution in [0.15, 0.2) is 24.3 Å². The maximum Gasteiger partial charge on any atom is 0.416 e. The molecular formula is C14H18F3NO2. The predicted molar refractivity (Wildman–Crippen MR) is 69.4 cm³/mol. The summed E-state index contributed by atoms with van der Waals surface area (Å²) in [5.41, 5.74) is -0.603. The van der Waals surface area contributed by atoms with Gasteiger partial charge in [-0.15, -0.1) is 0 Å². The van der Waals surface area contributed by atoms with Gasteiger partial charge in [0.25, 0.3) is 0 Å². The zero-order valence-electron chi connectivity index (χ0n) is 11.4. The number of nitrogens with zero attached hydrogens (tertiary/aromatic N) is 1. The second-order valence-electron chi connectivity index (χ2n) is 4.63. The Kier molecular flexibility index (Phi) is 5.56. The Hall–Kier alpha value is -1.56. The zero-order chi connectivity index (χ0) is 15.3. The number of carboxylic acid groups (broad SMARTS) is 1. The van der Waals surface area contributed by atoms with Gasteiger partial charge in [-0.05, 0) is 31.5 Å². The maximum atomic E-state index is 13.0. The van der Waals surface area contributed by atoms with E-state index in [1.54, 1.807) is 6.92 Å². The normalized spacial score (nSPS) is 13.5. The van der Waals surface area contributed by atoms with Crippen LogP contribution in [0.2, 0.25) is 0 Å². The quantitative estimate of drug-likeness (QED) is 0.870. The fourth-order valence-corrected chi connectivity index (χ4v) is 2.19. The van der Waals surface area contributed by atoms with Crippen LogP contribution in [0, 0.1) is 0 Å². The van der Waals surface area contributed by atoms with Crippen molar-refractivity contribution in [1.82, 2.24) is 4.90 Å². The molecule has 3 nitrogen and oxygen atoms in total. The molecule has 0 aliphatic carbocycles. The number of aliphatic carboxylic acids is 1. The van der Waals surface area contributed by atoms with Crippen molar-refractivity contribution >= 4 is 5.97 Å². The summed E-state index contributed by atoms with van der Waals surface area (Å²) in [4.78, 5) is 12.4. The second-order valence-corrected chi connectivity index (χ2v) is 4.63. The number of hydrogen-bond donors (Lipinski definition) is 1. The van der Waals surface area contributed by atoms with Crippen molar-refractivity contribution in [2.75, 3.05) is 13.1 Å². The summed E-state index contributed by atoms with van der Waals surface area (Å²) >= 11 is 0. The van der Waals surface area contributed by atoms with Crippen LogP contribution in [0.1, 0.15) is 37.4 Å². The van der Waals surface area contributed by atoms with E-state index in [-0.39, 0.29) is 12.1 Å². The molecule has 1 atom stereocenters. The highest BCUT2D eigenvalue weighted by atomic mass is 19.4. The molecule has 0 spiro atoms. The Morgan fingerprint density at radius 2 is 1.95 bits per heavy atom. The van der Waals surface area contributed by atoms with Gasteiger partial charge in [0.15, 0.2) is 0 Å². The van der Waals surface area contributed by atoms with Gasteiger partial charge in [-0.25, -0.2) is 0 Å². The van der Waals surface area contributed by atoms with Crippen LogP contribution in [0.4, 0.5) is 13.2 Å². The first-order chi connectivity index (χ1) is 9.27. The molecule has 0 saturated carbocycles. The van der Waals surface area contributed by atoms with Crippen molar-refractivity contribution in [3.05, 3.63) is 35.4 Å². The molecule has 0 amide bonds. The van der Waals surface area contributed by atoms with E-state index in [1.165, 1.54) is 23.1 Å². The van der Waals surface area contributed by atoms with Gasteiger partial charge in [0.05, 0.1) is 12.1 Å². The minimum absolute atomic E-state index is 0.106. The van der Waals surface area contributed by atoms with E-state index in [0.29, 0.717) is 13.0 Å². The summed E-state index contributed by atoms with van der Waals surface area (Å²) in [6, 6.07) is 4.69. The summed E-state index contributed by atoms with van der Waals surface area (Å²) < 4.78 is 39.0. The lowest BCUT2D eigenvalue weighted by molar-refractivity contribution is -0.139. The molecule has 1 N–H and O–H groups in total. The highest BCUT2D eigenvalue weighted by Crippen LogP contribution is 2.36. The number of alkyl halides is 3. The van der Waals surface area contributed by atoms with Gasteiger partial charge in [-0.2, -0.15) is 13.2 Å². The molecule has 1 aromatic carbocycles. The molecule has 20 heavy (non-hydrogen) atoms. The summed E-state index contributed by atoms with van der Waals surface area (Å²) in [7, 11) is 0. The number of carboxylic acids is 1. The van der Waals surface area contributed by atoms with Crippen LogP contribution in [-0.2, 0) is 11.0 Å². The van der Waals surface area contributed by atoms with E-state index in [4.69, 9.17) is 5.11 Å². The van der Waals surface area contributed by atoms with E-state index >= 15 is 0 Å². The third kappa shape index (κ3) is 4.23. The van der Waals surface area contributed by atoms with Gasteiger partial charge in [-0.1, -0.05) is 25.1 Å².